The molecule has 1 aromatic carbocycles. The second kappa shape index (κ2) is 6.39. The highest BCUT2D eigenvalue weighted by molar-refractivity contribution is 7.98. The topological polar surface area (TPSA) is 83.0 Å². The van der Waals surface area contributed by atoms with E-state index in [1.165, 1.54) is 23.5 Å². The van der Waals surface area contributed by atoms with E-state index >= 15 is 0 Å². The molecule has 0 atom stereocenters. The van der Waals surface area contributed by atoms with Crippen LogP contribution in [0.15, 0.2) is 29.4 Å². The zero-order valence-electron chi connectivity index (χ0n) is 13.2. The summed E-state index contributed by atoms with van der Waals surface area (Å²) in [4.78, 5) is 11.5. The average Bonchev–Trinajstić information content (AvgIpc) is 2.85. The molecule has 0 unspecified atom stereocenters. The smallest absolute Gasteiger partial charge is 0.337 e. The Balaban J connectivity index is 2.11. The number of hydrogen-bond donors (Lipinski definition) is 1. The number of thioether (sulfide) groups is 1. The molecule has 2 rings (SSSR count). The van der Waals surface area contributed by atoms with Crippen LogP contribution in [0.25, 0.3) is 0 Å². The number of nitrogens with zero attached hydrogens (tertiary/aromatic N) is 3. The van der Waals surface area contributed by atoms with Crippen molar-refractivity contribution in [3.05, 3.63) is 41.2 Å². The van der Waals surface area contributed by atoms with E-state index in [1.807, 2.05) is 32.9 Å². The number of nitrogen functional groups attached to an aromatic ring is 1. The van der Waals surface area contributed by atoms with Gasteiger partial charge in [0.1, 0.15) is 0 Å². The summed E-state index contributed by atoms with van der Waals surface area (Å²) in [5.74, 6) is 7.08. The highest BCUT2D eigenvalue weighted by Crippen LogP contribution is 2.25. The van der Waals surface area contributed by atoms with Crippen LogP contribution in [0.4, 0.5) is 0 Å². The molecule has 1 heterocycles. The predicted molar refractivity (Wildman–Crippen MR) is 86.2 cm³/mol. The van der Waals surface area contributed by atoms with Gasteiger partial charge in [0.25, 0.3) is 0 Å². The van der Waals surface area contributed by atoms with Crippen LogP contribution in [-0.2, 0) is 15.9 Å². The maximum Gasteiger partial charge on any atom is 0.337 e. The van der Waals surface area contributed by atoms with E-state index in [0.29, 0.717) is 16.5 Å². The molecule has 6 nitrogen and oxygen atoms in total. The molecule has 0 spiro atoms. The molecule has 0 amide bonds. The van der Waals surface area contributed by atoms with Gasteiger partial charge in [-0.2, -0.15) is 0 Å². The first-order chi connectivity index (χ1) is 10.3. The van der Waals surface area contributed by atoms with Crippen LogP contribution in [0.3, 0.4) is 0 Å². The summed E-state index contributed by atoms with van der Waals surface area (Å²) in [6.45, 7) is 6.11. The van der Waals surface area contributed by atoms with Crippen LogP contribution in [0, 0.1) is 0 Å². The lowest BCUT2D eigenvalue weighted by atomic mass is 9.96. The Bertz CT molecular complexity index is 676. The molecule has 0 saturated heterocycles. The van der Waals surface area contributed by atoms with Crippen LogP contribution >= 0.6 is 11.8 Å². The summed E-state index contributed by atoms with van der Waals surface area (Å²) >= 11 is 1.48. The molecule has 0 saturated carbocycles. The van der Waals surface area contributed by atoms with E-state index in [1.54, 1.807) is 12.1 Å². The van der Waals surface area contributed by atoms with Crippen molar-refractivity contribution in [2.24, 2.45) is 0 Å². The number of hydrogen-bond acceptors (Lipinski definition) is 6. The lowest BCUT2D eigenvalue weighted by molar-refractivity contribution is 0.0600. The Hall–Kier alpha value is -2.02. The van der Waals surface area contributed by atoms with Crippen molar-refractivity contribution in [3.63, 3.8) is 0 Å². The van der Waals surface area contributed by atoms with Crippen LogP contribution in [0.1, 0.15) is 42.5 Å². The third-order valence-electron chi connectivity index (χ3n) is 3.05. The van der Waals surface area contributed by atoms with E-state index < -0.39 is 0 Å². The number of aromatic nitrogens is 3. The molecule has 0 fully saturated rings. The molecule has 2 aromatic rings. The van der Waals surface area contributed by atoms with E-state index in [2.05, 4.69) is 10.2 Å². The molecular formula is C15H20N4O2S. The number of nitrogens with two attached hydrogens (primary N) is 1. The van der Waals surface area contributed by atoms with Crippen LogP contribution in [0.5, 0.6) is 0 Å². The maximum atomic E-state index is 11.5. The third kappa shape index (κ3) is 3.59. The molecule has 7 heteroatoms. The molecule has 0 aliphatic carbocycles. The molecule has 1 aromatic heterocycles. The lowest BCUT2D eigenvalue weighted by Gasteiger charge is -2.16. The van der Waals surface area contributed by atoms with Crippen LogP contribution < -0.4 is 5.84 Å². The second-order valence-corrected chi connectivity index (χ2v) is 6.85. The molecule has 0 radical (unpaired) electrons. The summed E-state index contributed by atoms with van der Waals surface area (Å²) in [7, 11) is 1.37. The van der Waals surface area contributed by atoms with Crippen molar-refractivity contribution in [2.45, 2.75) is 37.1 Å². The highest BCUT2D eigenvalue weighted by Gasteiger charge is 2.22. The summed E-state index contributed by atoms with van der Waals surface area (Å²) in [6, 6.07) is 7.31. The quantitative estimate of drug-likeness (QED) is 0.529. The van der Waals surface area contributed by atoms with Crippen molar-refractivity contribution in [2.75, 3.05) is 13.0 Å². The van der Waals surface area contributed by atoms with E-state index in [-0.39, 0.29) is 11.4 Å². The van der Waals surface area contributed by atoms with Gasteiger partial charge in [-0.3, -0.25) is 0 Å². The molecule has 0 aliphatic heterocycles. The summed E-state index contributed by atoms with van der Waals surface area (Å²) in [6.07, 6.45) is 0. The standard InChI is InChI=1S/C15H20N4O2S/c1-15(2,3)13-17-18-14(19(13)16)22-9-10-6-5-7-11(8-10)12(20)21-4/h5-8H,9,16H2,1-4H3. The Kier molecular flexibility index (Phi) is 4.75. The summed E-state index contributed by atoms with van der Waals surface area (Å²) < 4.78 is 6.24. The number of carbonyl (C=O) groups excluding carboxylic acids is 1. The van der Waals surface area contributed by atoms with E-state index in [9.17, 15) is 4.79 Å². The third-order valence-corrected chi connectivity index (χ3v) is 4.07. The molecule has 2 N–H and O–H groups in total. The van der Waals surface area contributed by atoms with Crippen molar-refractivity contribution in [1.29, 1.82) is 0 Å². The SMILES string of the molecule is COC(=O)c1cccc(CSc2nnc(C(C)(C)C)n2N)c1. The van der Waals surface area contributed by atoms with Gasteiger partial charge in [-0.25, -0.2) is 9.47 Å². The van der Waals surface area contributed by atoms with Crippen molar-refractivity contribution in [3.8, 4) is 0 Å². The van der Waals surface area contributed by atoms with Crippen molar-refractivity contribution in [1.82, 2.24) is 14.9 Å². The Morgan fingerprint density at radius 3 is 2.68 bits per heavy atom. The van der Waals surface area contributed by atoms with Gasteiger partial charge in [0.2, 0.25) is 5.16 Å². The molecule has 118 valence electrons. The second-order valence-electron chi connectivity index (χ2n) is 5.91. The molecular weight excluding hydrogens is 300 g/mol. The lowest BCUT2D eigenvalue weighted by Crippen LogP contribution is -2.24. The van der Waals surface area contributed by atoms with Gasteiger partial charge >= 0.3 is 5.97 Å². The number of carbonyl (C=O) groups is 1. The normalized spacial score (nSPS) is 11.5. The minimum Gasteiger partial charge on any atom is -0.465 e. The van der Waals surface area contributed by atoms with Gasteiger partial charge in [0, 0.05) is 11.2 Å². The molecule has 0 bridgehead atoms. The minimum atomic E-state index is -0.344. The fourth-order valence-corrected chi connectivity index (χ4v) is 2.74. The maximum absolute atomic E-state index is 11.5. The number of benzene rings is 1. The number of esters is 1. The fraction of sp³-hybridized carbons (Fsp3) is 0.400. The van der Waals surface area contributed by atoms with Crippen LogP contribution in [0.2, 0.25) is 0 Å². The van der Waals surface area contributed by atoms with Crippen LogP contribution in [-0.4, -0.2) is 28.0 Å². The monoisotopic (exact) mass is 320 g/mol. The van der Waals surface area contributed by atoms with Gasteiger partial charge in [-0.1, -0.05) is 44.7 Å². The van der Waals surface area contributed by atoms with Gasteiger partial charge < -0.3 is 10.6 Å². The summed E-state index contributed by atoms with van der Waals surface area (Å²) in [5, 5.41) is 8.93. The molecule has 0 aliphatic rings. The first-order valence-corrected chi connectivity index (χ1v) is 7.82. The van der Waals surface area contributed by atoms with Gasteiger partial charge in [-0.05, 0) is 17.7 Å². The number of rotatable bonds is 4. The zero-order chi connectivity index (χ0) is 16.3. The van der Waals surface area contributed by atoms with E-state index in [4.69, 9.17) is 10.6 Å². The van der Waals surface area contributed by atoms with Gasteiger partial charge in [-0.15, -0.1) is 10.2 Å². The van der Waals surface area contributed by atoms with Crippen molar-refractivity contribution >= 4 is 17.7 Å². The largest absolute Gasteiger partial charge is 0.465 e. The first-order valence-electron chi connectivity index (χ1n) is 6.84. The van der Waals surface area contributed by atoms with E-state index in [0.717, 1.165) is 11.4 Å². The predicted octanol–water partition coefficient (Wildman–Crippen LogP) is 2.37. The highest BCUT2D eigenvalue weighted by atomic mass is 32.2. The zero-order valence-corrected chi connectivity index (χ0v) is 14.0. The number of ether oxygens (including phenoxy) is 1. The Labute approximate surface area is 134 Å². The van der Waals surface area contributed by atoms with Gasteiger partial charge in [0.15, 0.2) is 5.82 Å². The number of methoxy groups -OCH3 is 1. The average molecular weight is 320 g/mol. The Morgan fingerprint density at radius 1 is 1.36 bits per heavy atom. The molecule has 22 heavy (non-hydrogen) atoms. The first kappa shape index (κ1) is 16.4. The minimum absolute atomic E-state index is 0.161. The van der Waals surface area contributed by atoms with Gasteiger partial charge in [0.05, 0.1) is 12.7 Å². The van der Waals surface area contributed by atoms with Crippen molar-refractivity contribution < 1.29 is 9.53 Å². The summed E-state index contributed by atoms with van der Waals surface area (Å²) in [5.41, 5.74) is 1.36. The Morgan fingerprint density at radius 2 is 2.09 bits per heavy atom. The fourth-order valence-electron chi connectivity index (χ4n) is 1.94.